The summed E-state index contributed by atoms with van der Waals surface area (Å²) in [6.45, 7) is -2.58. The fourth-order valence-electron chi connectivity index (χ4n) is 5.63. The number of nitrogens with one attached hydrogen (secondary N) is 3. The van der Waals surface area contributed by atoms with Crippen LogP contribution in [0.15, 0.2) is 78.8 Å². The summed E-state index contributed by atoms with van der Waals surface area (Å²) >= 11 is 0. The van der Waals surface area contributed by atoms with Gasteiger partial charge in [0.2, 0.25) is 5.91 Å². The number of urea groups is 1. The van der Waals surface area contributed by atoms with Gasteiger partial charge in [-0.25, -0.2) is 4.79 Å². The molecular weight excluding hydrogens is 580 g/mol. The molecule has 0 saturated carbocycles. The smallest absolute Gasteiger partial charge is 0.318 e. The Hall–Kier alpha value is -4.37. The molecule has 46 heavy (non-hydrogen) atoms. The average Bonchev–Trinajstić information content (AvgIpc) is 3.10. The summed E-state index contributed by atoms with van der Waals surface area (Å²) in [7, 11) is 0. The van der Waals surface area contributed by atoms with Crippen molar-refractivity contribution in [3.05, 3.63) is 101 Å². The fraction of sp³-hybridized carbons (Fsp3) is 0.432. The van der Waals surface area contributed by atoms with E-state index >= 15 is 0 Å². The quantitative estimate of drug-likeness (QED) is 0.198. The van der Waals surface area contributed by atoms with E-state index in [4.69, 9.17) is 17.1 Å². The van der Waals surface area contributed by atoms with Crippen molar-refractivity contribution >= 4 is 17.8 Å². The normalized spacial score (nSPS) is 19.2. The molecule has 4 rings (SSSR count). The van der Waals surface area contributed by atoms with Gasteiger partial charge in [0.25, 0.3) is 5.91 Å². The number of rotatable bonds is 15. The van der Waals surface area contributed by atoms with Crippen molar-refractivity contribution in [1.82, 2.24) is 20.9 Å². The lowest BCUT2D eigenvalue weighted by Crippen LogP contribution is -2.59. The zero-order valence-electron chi connectivity index (χ0n) is 35.1. The molecule has 0 radical (unpaired) electrons. The molecule has 4 N–H and O–H groups in total. The van der Waals surface area contributed by atoms with E-state index in [-0.39, 0.29) is 24.8 Å². The molecule has 1 heterocycles. The molecule has 9 heteroatoms. The highest BCUT2D eigenvalue weighted by Gasteiger charge is 2.35. The third-order valence-electron chi connectivity index (χ3n) is 7.83. The standard InChI is InChI=1S/C37H48N4O5/c1-25(2)34(41-20-12-19-38-37(41)45)36(44)39-30(21-28-15-7-5-8-16-28)23-32(42)31(22-29-17-9-6-10-18-29)40-33(43)24-46-35-26(3)13-11-14-27(35)4/h5-11,13-18,25,30-32,34,42H,12,19-24H2,1-4H3,(H,38,45)(H,39,44)(H,40,43)/t30-,31-,32-,34-/m0/s1/i3D3,4D3,11D,13D,14D. The molecule has 0 unspecified atom stereocenters. The molecule has 0 bridgehead atoms. The molecule has 0 spiro atoms. The van der Waals surface area contributed by atoms with Crippen molar-refractivity contribution in [3.8, 4) is 5.75 Å². The molecule has 9 nitrogen and oxygen atoms in total. The van der Waals surface area contributed by atoms with E-state index in [0.717, 1.165) is 11.1 Å². The summed E-state index contributed by atoms with van der Waals surface area (Å²) in [5, 5.41) is 20.4. The van der Waals surface area contributed by atoms with E-state index in [1.165, 1.54) is 4.90 Å². The van der Waals surface area contributed by atoms with Gasteiger partial charge in [0, 0.05) is 27.4 Å². The van der Waals surface area contributed by atoms with Crippen LogP contribution in [0, 0.1) is 19.6 Å². The van der Waals surface area contributed by atoms with Crippen molar-refractivity contribution < 1.29 is 36.6 Å². The number of hydrogen-bond donors (Lipinski definition) is 4. The Morgan fingerprint density at radius 2 is 1.63 bits per heavy atom. The Kier molecular flexibility index (Phi) is 8.73. The zero-order chi connectivity index (χ0) is 40.7. The summed E-state index contributed by atoms with van der Waals surface area (Å²) in [6.07, 6.45) is -0.226. The molecule has 3 aromatic carbocycles. The maximum Gasteiger partial charge on any atom is 0.318 e. The van der Waals surface area contributed by atoms with Crippen LogP contribution >= 0.6 is 0 Å². The molecule has 4 amide bonds. The number of para-hydroxylation sites is 1. The first kappa shape index (κ1) is 23.9. The van der Waals surface area contributed by atoms with E-state index in [1.54, 1.807) is 30.3 Å². The van der Waals surface area contributed by atoms with Gasteiger partial charge < -0.3 is 30.7 Å². The summed E-state index contributed by atoms with van der Waals surface area (Å²) in [5.41, 5.74) is -0.209. The monoisotopic (exact) mass is 637 g/mol. The SMILES string of the molecule is [2H]c1c([2H])c(C([2H])([2H])[2H])c(OCC(=O)N[C@@H](Cc2ccccc2)[C@@H](O)C[C@H](Cc2ccccc2)NC(=O)[C@H](C(C)C)N2CCCNC2=O)c(C([2H])([2H])[2H])c1[2H]. The lowest BCUT2D eigenvalue weighted by molar-refractivity contribution is -0.128. The predicted octanol–water partition coefficient (Wildman–Crippen LogP) is 4.33. The van der Waals surface area contributed by atoms with Crippen LogP contribution in [0.5, 0.6) is 5.75 Å². The van der Waals surface area contributed by atoms with Crippen LogP contribution in [0.25, 0.3) is 0 Å². The van der Waals surface area contributed by atoms with E-state index in [2.05, 4.69) is 16.0 Å². The van der Waals surface area contributed by atoms with Crippen LogP contribution in [0.3, 0.4) is 0 Å². The van der Waals surface area contributed by atoms with Crippen LogP contribution in [0.4, 0.5) is 4.79 Å². The van der Waals surface area contributed by atoms with E-state index in [0.29, 0.717) is 25.9 Å². The van der Waals surface area contributed by atoms with Gasteiger partial charge in [0.15, 0.2) is 6.61 Å². The van der Waals surface area contributed by atoms with Gasteiger partial charge in [-0.05, 0) is 67.6 Å². The highest BCUT2D eigenvalue weighted by atomic mass is 16.5. The van der Waals surface area contributed by atoms with Gasteiger partial charge in [-0.3, -0.25) is 9.59 Å². The van der Waals surface area contributed by atoms with Gasteiger partial charge >= 0.3 is 6.03 Å². The summed E-state index contributed by atoms with van der Waals surface area (Å²) < 4.78 is 77.6. The molecule has 3 aromatic rings. The highest BCUT2D eigenvalue weighted by Crippen LogP contribution is 2.22. The molecule has 0 aromatic heterocycles. The number of aliphatic hydroxyl groups excluding tert-OH is 1. The first-order chi connectivity index (χ1) is 25.8. The second-order valence-electron chi connectivity index (χ2n) is 11.8. The minimum Gasteiger partial charge on any atom is -0.483 e. The van der Waals surface area contributed by atoms with Crippen molar-refractivity contribution in [3.63, 3.8) is 0 Å². The number of carbonyl (C=O) groups is 3. The van der Waals surface area contributed by atoms with Crippen LogP contribution in [0.2, 0.25) is 0 Å². The Labute approximate surface area is 285 Å². The van der Waals surface area contributed by atoms with E-state index < -0.39 is 91.4 Å². The largest absolute Gasteiger partial charge is 0.483 e. The second kappa shape index (κ2) is 16.8. The zero-order valence-corrected chi connectivity index (χ0v) is 26.1. The molecule has 1 saturated heterocycles. The summed E-state index contributed by atoms with van der Waals surface area (Å²) in [5.74, 6) is -2.37. The number of ether oxygens (including phenoxy) is 1. The molecule has 246 valence electrons. The van der Waals surface area contributed by atoms with Gasteiger partial charge in [0.1, 0.15) is 11.8 Å². The molecule has 1 fully saturated rings. The van der Waals surface area contributed by atoms with Crippen LogP contribution in [0.1, 0.15) is 61.3 Å². The molecule has 0 aliphatic carbocycles. The minimum atomic E-state index is -3.12. The Balaban J connectivity index is 1.62. The second-order valence-corrected chi connectivity index (χ2v) is 11.8. The van der Waals surface area contributed by atoms with Crippen molar-refractivity contribution in [1.29, 1.82) is 0 Å². The maximum absolute atomic E-state index is 13.9. The Morgan fingerprint density at radius 3 is 2.22 bits per heavy atom. The van der Waals surface area contributed by atoms with Crippen molar-refractivity contribution in [2.75, 3.05) is 19.7 Å². The van der Waals surface area contributed by atoms with Crippen molar-refractivity contribution in [2.24, 2.45) is 5.92 Å². The summed E-state index contributed by atoms with van der Waals surface area (Å²) in [4.78, 5) is 41.7. The van der Waals surface area contributed by atoms with Crippen molar-refractivity contribution in [2.45, 2.75) is 77.5 Å². The van der Waals surface area contributed by atoms with Crippen LogP contribution in [-0.4, -0.2) is 71.8 Å². The number of benzene rings is 3. The average molecular weight is 638 g/mol. The lowest BCUT2D eigenvalue weighted by atomic mass is 9.92. The van der Waals surface area contributed by atoms with Crippen LogP contribution < -0.4 is 20.7 Å². The first-order valence-corrected chi connectivity index (χ1v) is 15.5. The van der Waals surface area contributed by atoms with E-state index in [1.807, 2.05) is 44.2 Å². The Morgan fingerprint density at radius 1 is 1.00 bits per heavy atom. The van der Waals surface area contributed by atoms with Gasteiger partial charge in [0.05, 0.1) is 16.3 Å². The third-order valence-corrected chi connectivity index (χ3v) is 7.83. The maximum atomic E-state index is 13.9. The minimum absolute atomic E-state index is 0.0436. The van der Waals surface area contributed by atoms with Gasteiger partial charge in [-0.2, -0.15) is 0 Å². The molecule has 1 aliphatic heterocycles. The number of nitrogens with zero attached hydrogens (tertiary/aromatic N) is 1. The Bertz CT molecular complexity index is 1750. The molecule has 4 atom stereocenters. The number of carbonyl (C=O) groups excluding carboxylic acids is 3. The molecular formula is C37H48N4O5. The predicted molar refractivity (Wildman–Crippen MR) is 180 cm³/mol. The number of hydrogen-bond acceptors (Lipinski definition) is 5. The third kappa shape index (κ3) is 9.81. The topological polar surface area (TPSA) is 120 Å². The summed E-state index contributed by atoms with van der Waals surface area (Å²) in [6, 6.07) is 12.7. The molecule has 1 aliphatic rings. The number of amides is 4. The first-order valence-electron chi connectivity index (χ1n) is 20.0. The number of aliphatic hydroxyl groups is 1. The van der Waals surface area contributed by atoms with Gasteiger partial charge in [-0.1, -0.05) is 92.6 Å². The van der Waals surface area contributed by atoms with E-state index in [9.17, 15) is 19.5 Å². The van der Waals surface area contributed by atoms with Gasteiger partial charge in [-0.15, -0.1) is 0 Å². The van der Waals surface area contributed by atoms with Crippen LogP contribution in [-0.2, 0) is 22.4 Å². The fourth-order valence-corrected chi connectivity index (χ4v) is 5.63. The lowest BCUT2D eigenvalue weighted by Gasteiger charge is -2.37. The highest BCUT2D eigenvalue weighted by molar-refractivity contribution is 5.87.